The van der Waals surface area contributed by atoms with Gasteiger partial charge in [0.05, 0.1) is 6.54 Å². The van der Waals surface area contributed by atoms with Crippen LogP contribution in [0.2, 0.25) is 0 Å². The van der Waals surface area contributed by atoms with Crippen LogP contribution in [0.25, 0.3) is 0 Å². The molecular weight excluding hydrogens is 396 g/mol. The molecule has 32 heavy (non-hydrogen) atoms. The Hall–Kier alpha value is -1.16. The Bertz CT molecular complexity index is 488. The number of rotatable bonds is 22. The van der Waals surface area contributed by atoms with Crippen LogP contribution >= 0.6 is 0 Å². The Morgan fingerprint density at radius 2 is 1.31 bits per heavy atom. The van der Waals surface area contributed by atoms with E-state index in [0.29, 0.717) is 38.3 Å². The van der Waals surface area contributed by atoms with Gasteiger partial charge in [0.1, 0.15) is 5.78 Å². The van der Waals surface area contributed by atoms with Gasteiger partial charge in [0.25, 0.3) is 0 Å². The van der Waals surface area contributed by atoms with Gasteiger partial charge >= 0.3 is 0 Å². The molecule has 1 atom stereocenters. The molecule has 0 saturated carbocycles. The van der Waals surface area contributed by atoms with Crippen LogP contribution in [0, 0.1) is 5.92 Å². The highest BCUT2D eigenvalue weighted by molar-refractivity contribution is 5.79. The molecule has 0 bridgehead atoms. The number of likely N-dealkylation sites (N-methyl/N-ethyl adjacent to an activating group) is 2. The highest BCUT2D eigenvalue weighted by Gasteiger charge is 2.17. The van der Waals surface area contributed by atoms with Gasteiger partial charge in [-0.05, 0) is 59.0 Å². The average molecular weight is 451 g/mol. The predicted molar refractivity (Wildman–Crippen MR) is 139 cm³/mol. The highest BCUT2D eigenvalue weighted by Crippen LogP contribution is 2.13. The van der Waals surface area contributed by atoms with E-state index in [4.69, 9.17) is 0 Å². The average Bonchev–Trinajstić information content (AvgIpc) is 2.74. The maximum atomic E-state index is 12.3. The summed E-state index contributed by atoms with van der Waals surface area (Å²) in [5.41, 5.74) is 0. The first-order chi connectivity index (χ1) is 15.4. The summed E-state index contributed by atoms with van der Waals surface area (Å²) in [5.74, 6) is 0.733. The molecule has 0 aromatic heterocycles. The van der Waals surface area contributed by atoms with Crippen LogP contribution in [-0.2, 0) is 9.59 Å². The van der Waals surface area contributed by atoms with E-state index in [-0.39, 0.29) is 11.8 Å². The third-order valence-corrected chi connectivity index (χ3v) is 6.01. The summed E-state index contributed by atoms with van der Waals surface area (Å²) in [6.45, 7) is 8.19. The van der Waals surface area contributed by atoms with Gasteiger partial charge in [0, 0.05) is 25.9 Å². The molecule has 4 nitrogen and oxygen atoms in total. The smallest absolute Gasteiger partial charge is 0.236 e. The van der Waals surface area contributed by atoms with Gasteiger partial charge in [-0.3, -0.25) is 9.59 Å². The first kappa shape index (κ1) is 30.8. The van der Waals surface area contributed by atoms with Gasteiger partial charge in [0.2, 0.25) is 5.91 Å². The largest absolute Gasteiger partial charge is 0.342 e. The zero-order valence-corrected chi connectivity index (χ0v) is 22.2. The maximum Gasteiger partial charge on any atom is 0.236 e. The van der Waals surface area contributed by atoms with E-state index in [1.807, 2.05) is 30.8 Å². The summed E-state index contributed by atoms with van der Waals surface area (Å²) in [6.07, 6.45) is 22.6. The van der Waals surface area contributed by atoms with Crippen molar-refractivity contribution >= 4 is 11.7 Å². The van der Waals surface area contributed by atoms with E-state index in [2.05, 4.69) is 26.0 Å². The number of amides is 1. The molecule has 4 heteroatoms. The molecule has 0 fully saturated rings. The van der Waals surface area contributed by atoms with Gasteiger partial charge in [-0.25, -0.2) is 0 Å². The molecule has 0 aliphatic carbocycles. The standard InChI is InChI=1S/C28H54N2O2/c1-6-8-9-10-11-12-13-14-15-16-17-18-19-20-21-22-27(31)23-26(3)24-30(7-2)28(32)25-29(4)5/h14-15,26H,6-13,16-25H2,1-5H3/b15-14-/t26-/m1/s1. The zero-order valence-electron chi connectivity index (χ0n) is 22.2. The summed E-state index contributed by atoms with van der Waals surface area (Å²) in [6, 6.07) is 0. The number of allylic oxidation sites excluding steroid dienone is 2. The first-order valence-electron chi connectivity index (χ1n) is 13.5. The second-order valence-electron chi connectivity index (χ2n) is 9.85. The van der Waals surface area contributed by atoms with Crippen molar-refractivity contribution in [3.8, 4) is 0 Å². The summed E-state index contributed by atoms with van der Waals surface area (Å²) in [5, 5.41) is 0. The molecule has 0 radical (unpaired) electrons. The minimum Gasteiger partial charge on any atom is -0.342 e. The molecule has 1 amide bonds. The fourth-order valence-electron chi connectivity index (χ4n) is 4.10. The Labute approximate surface area is 200 Å². The summed E-state index contributed by atoms with van der Waals surface area (Å²) in [4.78, 5) is 28.3. The van der Waals surface area contributed by atoms with Crippen molar-refractivity contribution in [3.63, 3.8) is 0 Å². The Morgan fingerprint density at radius 3 is 1.84 bits per heavy atom. The van der Waals surface area contributed by atoms with Crippen molar-refractivity contribution in [2.75, 3.05) is 33.7 Å². The van der Waals surface area contributed by atoms with Crippen LogP contribution in [0.15, 0.2) is 12.2 Å². The minimum absolute atomic E-state index is 0.147. The molecule has 188 valence electrons. The van der Waals surface area contributed by atoms with Crippen molar-refractivity contribution in [3.05, 3.63) is 12.2 Å². The van der Waals surface area contributed by atoms with Crippen LogP contribution in [-0.4, -0.2) is 55.2 Å². The van der Waals surface area contributed by atoms with Gasteiger partial charge in [-0.2, -0.15) is 0 Å². The number of hydrogen-bond donors (Lipinski definition) is 0. The van der Waals surface area contributed by atoms with E-state index in [1.54, 1.807) is 0 Å². The molecule has 0 unspecified atom stereocenters. The van der Waals surface area contributed by atoms with Crippen molar-refractivity contribution < 1.29 is 9.59 Å². The third-order valence-electron chi connectivity index (χ3n) is 6.01. The molecule has 0 saturated heterocycles. The molecule has 0 rings (SSSR count). The summed E-state index contributed by atoms with van der Waals surface area (Å²) in [7, 11) is 3.82. The fourth-order valence-corrected chi connectivity index (χ4v) is 4.10. The Morgan fingerprint density at radius 1 is 0.781 bits per heavy atom. The van der Waals surface area contributed by atoms with Crippen molar-refractivity contribution in [2.45, 2.75) is 117 Å². The second-order valence-corrected chi connectivity index (χ2v) is 9.85. The van der Waals surface area contributed by atoms with Crippen LogP contribution < -0.4 is 0 Å². The van der Waals surface area contributed by atoms with Crippen LogP contribution in [0.5, 0.6) is 0 Å². The van der Waals surface area contributed by atoms with Crippen LogP contribution in [0.1, 0.15) is 117 Å². The lowest BCUT2D eigenvalue weighted by atomic mass is 9.99. The fraction of sp³-hybridized carbons (Fsp3) is 0.857. The number of Topliss-reactive ketones (excluding diaryl/α,β-unsaturated/α-hetero) is 1. The summed E-state index contributed by atoms with van der Waals surface area (Å²) >= 11 is 0. The number of ketones is 1. The lowest BCUT2D eigenvalue weighted by molar-refractivity contribution is -0.132. The number of carbonyl (C=O) groups is 2. The molecule has 0 N–H and O–H groups in total. The normalized spacial score (nSPS) is 12.6. The SMILES string of the molecule is CCCCCCCC/C=C\CCCCCCCC(=O)C[C@@H](C)CN(CC)C(=O)CN(C)C. The quantitative estimate of drug-likeness (QED) is 0.131. The second kappa shape index (κ2) is 21.7. The monoisotopic (exact) mass is 450 g/mol. The van der Waals surface area contributed by atoms with Gasteiger partial charge in [-0.15, -0.1) is 0 Å². The van der Waals surface area contributed by atoms with Gasteiger partial charge in [-0.1, -0.05) is 77.4 Å². The van der Waals surface area contributed by atoms with E-state index in [9.17, 15) is 9.59 Å². The maximum absolute atomic E-state index is 12.3. The Balaban J connectivity index is 3.64. The van der Waals surface area contributed by atoms with Gasteiger partial charge < -0.3 is 9.80 Å². The van der Waals surface area contributed by atoms with E-state index in [0.717, 1.165) is 12.8 Å². The Kier molecular flexibility index (Phi) is 20.9. The molecule has 0 aliphatic heterocycles. The van der Waals surface area contributed by atoms with Crippen molar-refractivity contribution in [2.24, 2.45) is 5.92 Å². The van der Waals surface area contributed by atoms with Gasteiger partial charge in [0.15, 0.2) is 0 Å². The molecule has 0 aromatic rings. The topological polar surface area (TPSA) is 40.6 Å². The number of carbonyl (C=O) groups excluding carboxylic acids is 2. The number of nitrogens with zero attached hydrogens (tertiary/aromatic N) is 2. The van der Waals surface area contributed by atoms with E-state index < -0.39 is 0 Å². The molecular formula is C28H54N2O2. The molecule has 0 aromatic carbocycles. The van der Waals surface area contributed by atoms with E-state index in [1.165, 1.54) is 70.6 Å². The third kappa shape index (κ3) is 19.5. The highest BCUT2D eigenvalue weighted by atomic mass is 16.2. The first-order valence-corrected chi connectivity index (χ1v) is 13.5. The van der Waals surface area contributed by atoms with Crippen LogP contribution in [0.4, 0.5) is 0 Å². The molecule has 0 heterocycles. The lowest BCUT2D eigenvalue weighted by Crippen LogP contribution is -2.40. The zero-order chi connectivity index (χ0) is 24.0. The summed E-state index contributed by atoms with van der Waals surface area (Å²) < 4.78 is 0. The minimum atomic E-state index is 0.147. The van der Waals surface area contributed by atoms with Crippen LogP contribution in [0.3, 0.4) is 0 Å². The lowest BCUT2D eigenvalue weighted by Gasteiger charge is -2.25. The number of hydrogen-bond acceptors (Lipinski definition) is 3. The molecule has 0 spiro atoms. The van der Waals surface area contributed by atoms with Crippen molar-refractivity contribution in [1.29, 1.82) is 0 Å². The predicted octanol–water partition coefficient (Wildman–Crippen LogP) is 7.03. The van der Waals surface area contributed by atoms with Crippen molar-refractivity contribution in [1.82, 2.24) is 9.80 Å². The number of unbranched alkanes of at least 4 members (excludes halogenated alkanes) is 11. The van der Waals surface area contributed by atoms with E-state index >= 15 is 0 Å². The molecule has 0 aliphatic rings.